The SMILES string of the molecule is Cc1nc(C2(NC(=O)CCN3C(=O)NC4(CCCC4)C3=O)CCCCCC2)no1. The average molecular weight is 403 g/mol. The highest BCUT2D eigenvalue weighted by atomic mass is 16.5. The van der Waals surface area contributed by atoms with E-state index in [1.165, 1.54) is 4.90 Å². The molecule has 1 saturated heterocycles. The van der Waals surface area contributed by atoms with E-state index in [1.54, 1.807) is 6.92 Å². The Morgan fingerprint density at radius 1 is 1.10 bits per heavy atom. The van der Waals surface area contributed by atoms with Crippen LogP contribution >= 0.6 is 0 Å². The zero-order valence-electron chi connectivity index (χ0n) is 17.0. The van der Waals surface area contributed by atoms with Crippen molar-refractivity contribution in [2.24, 2.45) is 0 Å². The van der Waals surface area contributed by atoms with Gasteiger partial charge in [-0.3, -0.25) is 14.5 Å². The second-order valence-corrected chi connectivity index (χ2v) is 8.61. The summed E-state index contributed by atoms with van der Waals surface area (Å²) in [6, 6.07) is -0.386. The van der Waals surface area contributed by atoms with Gasteiger partial charge in [0.1, 0.15) is 11.1 Å². The molecular formula is C20H29N5O4. The van der Waals surface area contributed by atoms with Gasteiger partial charge in [-0.15, -0.1) is 0 Å². The number of urea groups is 1. The number of nitrogens with one attached hydrogen (secondary N) is 2. The number of nitrogens with zero attached hydrogens (tertiary/aromatic N) is 3. The maximum atomic E-state index is 12.8. The number of hydrogen-bond donors (Lipinski definition) is 2. The van der Waals surface area contributed by atoms with Crippen LogP contribution in [0.4, 0.5) is 4.79 Å². The second-order valence-electron chi connectivity index (χ2n) is 8.61. The minimum Gasteiger partial charge on any atom is -0.343 e. The summed E-state index contributed by atoms with van der Waals surface area (Å²) in [5.74, 6) is 0.595. The Kier molecular flexibility index (Phi) is 5.31. The van der Waals surface area contributed by atoms with Crippen molar-refractivity contribution in [2.75, 3.05) is 6.54 Å². The van der Waals surface area contributed by atoms with Crippen LogP contribution in [0, 0.1) is 6.92 Å². The van der Waals surface area contributed by atoms with E-state index in [9.17, 15) is 14.4 Å². The number of carbonyl (C=O) groups is 3. The zero-order chi connectivity index (χ0) is 20.5. The number of carbonyl (C=O) groups excluding carboxylic acids is 3. The van der Waals surface area contributed by atoms with Crippen molar-refractivity contribution in [1.29, 1.82) is 0 Å². The van der Waals surface area contributed by atoms with Gasteiger partial charge in [-0.25, -0.2) is 4.79 Å². The van der Waals surface area contributed by atoms with Gasteiger partial charge in [0, 0.05) is 19.9 Å². The molecule has 29 heavy (non-hydrogen) atoms. The van der Waals surface area contributed by atoms with Gasteiger partial charge >= 0.3 is 6.03 Å². The summed E-state index contributed by atoms with van der Waals surface area (Å²) in [6.45, 7) is 1.82. The predicted molar refractivity (Wildman–Crippen MR) is 103 cm³/mol. The maximum Gasteiger partial charge on any atom is 0.325 e. The number of aryl methyl sites for hydroxylation is 1. The first kappa shape index (κ1) is 19.8. The van der Waals surface area contributed by atoms with Crippen molar-refractivity contribution >= 4 is 17.8 Å². The molecule has 2 N–H and O–H groups in total. The smallest absolute Gasteiger partial charge is 0.325 e. The normalized spacial score (nSPS) is 23.3. The van der Waals surface area contributed by atoms with E-state index in [1.807, 2.05) is 0 Å². The molecule has 0 radical (unpaired) electrons. The summed E-state index contributed by atoms with van der Waals surface area (Å²) < 4.78 is 5.17. The van der Waals surface area contributed by atoms with Crippen molar-refractivity contribution in [2.45, 2.75) is 88.6 Å². The highest BCUT2D eigenvalue weighted by Gasteiger charge is 2.52. The molecule has 0 bridgehead atoms. The van der Waals surface area contributed by atoms with E-state index in [4.69, 9.17) is 4.52 Å². The Morgan fingerprint density at radius 3 is 2.38 bits per heavy atom. The van der Waals surface area contributed by atoms with Crippen LogP contribution in [0.3, 0.4) is 0 Å². The Morgan fingerprint density at radius 2 is 1.76 bits per heavy atom. The first-order valence-electron chi connectivity index (χ1n) is 10.7. The third-order valence-corrected chi connectivity index (χ3v) is 6.56. The van der Waals surface area contributed by atoms with E-state index in [0.717, 1.165) is 51.4 Å². The van der Waals surface area contributed by atoms with Gasteiger partial charge in [0.15, 0.2) is 5.82 Å². The van der Waals surface area contributed by atoms with Crippen LogP contribution in [0.5, 0.6) is 0 Å². The van der Waals surface area contributed by atoms with Crippen molar-refractivity contribution < 1.29 is 18.9 Å². The standard InChI is InChI=1S/C20H29N5O4/c1-14-21-16(24-29-14)19(9-4-2-3-5-10-19)22-15(26)8-13-25-17(27)20(23-18(25)28)11-6-7-12-20/h2-13H2,1H3,(H,22,26)(H,23,28). The highest BCUT2D eigenvalue weighted by Crippen LogP contribution is 2.36. The Hall–Kier alpha value is -2.45. The van der Waals surface area contributed by atoms with Gasteiger partial charge in [0.25, 0.3) is 5.91 Å². The Labute approximate surface area is 170 Å². The molecule has 2 heterocycles. The lowest BCUT2D eigenvalue weighted by molar-refractivity contribution is -0.131. The zero-order valence-corrected chi connectivity index (χ0v) is 17.0. The fraction of sp³-hybridized carbons (Fsp3) is 0.750. The molecular weight excluding hydrogens is 374 g/mol. The van der Waals surface area contributed by atoms with Gasteiger partial charge in [-0.05, 0) is 25.7 Å². The summed E-state index contributed by atoms with van der Waals surface area (Å²) in [6.07, 6.45) is 8.98. The monoisotopic (exact) mass is 403 g/mol. The molecule has 1 aliphatic heterocycles. The molecule has 1 aromatic heterocycles. The first-order valence-corrected chi connectivity index (χ1v) is 10.7. The van der Waals surface area contributed by atoms with E-state index in [2.05, 4.69) is 20.8 Å². The number of aromatic nitrogens is 2. The molecule has 1 aromatic rings. The Bertz CT molecular complexity index is 791. The third kappa shape index (κ3) is 3.74. The molecule has 9 heteroatoms. The molecule has 2 aliphatic carbocycles. The minimum absolute atomic E-state index is 0.0633. The van der Waals surface area contributed by atoms with Crippen LogP contribution < -0.4 is 10.6 Å². The lowest BCUT2D eigenvalue weighted by atomic mass is 9.89. The fourth-order valence-corrected chi connectivity index (χ4v) is 4.97. The average Bonchev–Trinajstić information content (AvgIpc) is 3.33. The molecule has 0 aromatic carbocycles. The maximum absolute atomic E-state index is 12.8. The quantitative estimate of drug-likeness (QED) is 0.575. The lowest BCUT2D eigenvalue weighted by Gasteiger charge is -2.31. The minimum atomic E-state index is -0.738. The fourth-order valence-electron chi connectivity index (χ4n) is 4.97. The van der Waals surface area contributed by atoms with Crippen LogP contribution in [-0.4, -0.2) is 45.0 Å². The molecule has 0 atom stereocenters. The van der Waals surface area contributed by atoms with E-state index in [-0.39, 0.29) is 30.8 Å². The molecule has 4 rings (SSSR count). The van der Waals surface area contributed by atoms with E-state index in [0.29, 0.717) is 24.6 Å². The van der Waals surface area contributed by atoms with Crippen molar-refractivity contribution in [3.8, 4) is 0 Å². The molecule has 158 valence electrons. The van der Waals surface area contributed by atoms with Crippen LogP contribution in [0.1, 0.15) is 82.3 Å². The van der Waals surface area contributed by atoms with E-state index < -0.39 is 11.1 Å². The summed E-state index contributed by atoms with van der Waals surface area (Å²) >= 11 is 0. The highest BCUT2D eigenvalue weighted by molar-refractivity contribution is 6.07. The van der Waals surface area contributed by atoms with Gasteiger partial charge in [-0.1, -0.05) is 43.7 Å². The van der Waals surface area contributed by atoms with Crippen molar-refractivity contribution in [1.82, 2.24) is 25.7 Å². The van der Waals surface area contributed by atoms with Gasteiger partial charge < -0.3 is 15.2 Å². The van der Waals surface area contributed by atoms with E-state index >= 15 is 0 Å². The topological polar surface area (TPSA) is 117 Å². The van der Waals surface area contributed by atoms with Gasteiger partial charge in [0.05, 0.1) is 0 Å². The third-order valence-electron chi connectivity index (χ3n) is 6.56. The van der Waals surface area contributed by atoms with Crippen molar-refractivity contribution in [3.05, 3.63) is 11.7 Å². The predicted octanol–water partition coefficient (Wildman–Crippen LogP) is 2.30. The van der Waals surface area contributed by atoms with Crippen LogP contribution in [0.15, 0.2) is 4.52 Å². The number of imide groups is 1. The van der Waals surface area contributed by atoms with Gasteiger partial charge in [0.2, 0.25) is 11.8 Å². The van der Waals surface area contributed by atoms with Crippen LogP contribution in [0.2, 0.25) is 0 Å². The molecule has 3 fully saturated rings. The summed E-state index contributed by atoms with van der Waals surface area (Å²) in [5.41, 5.74) is -1.38. The van der Waals surface area contributed by atoms with Gasteiger partial charge in [-0.2, -0.15) is 4.98 Å². The molecule has 0 unspecified atom stereocenters. The number of hydrogen-bond acceptors (Lipinski definition) is 6. The summed E-state index contributed by atoms with van der Waals surface area (Å²) in [7, 11) is 0. The molecule has 3 aliphatic rings. The number of amides is 4. The largest absolute Gasteiger partial charge is 0.343 e. The molecule has 9 nitrogen and oxygen atoms in total. The van der Waals surface area contributed by atoms with Crippen molar-refractivity contribution in [3.63, 3.8) is 0 Å². The molecule has 4 amide bonds. The first-order chi connectivity index (χ1) is 13.9. The van der Waals surface area contributed by atoms with Crippen LogP contribution in [-0.2, 0) is 15.1 Å². The summed E-state index contributed by atoms with van der Waals surface area (Å²) in [5, 5.41) is 10.1. The number of rotatable bonds is 5. The second kappa shape index (κ2) is 7.76. The lowest BCUT2D eigenvalue weighted by Crippen LogP contribution is -2.48. The Balaban J connectivity index is 1.42. The molecule has 2 saturated carbocycles. The van der Waals surface area contributed by atoms with Crippen LogP contribution in [0.25, 0.3) is 0 Å². The summed E-state index contributed by atoms with van der Waals surface area (Å²) in [4.78, 5) is 43.5. The molecule has 1 spiro atoms.